The summed E-state index contributed by atoms with van der Waals surface area (Å²) >= 11 is 6.07. The number of nitrogens with one attached hydrogen (secondary N) is 1. The van der Waals surface area contributed by atoms with Crippen molar-refractivity contribution in [3.8, 4) is 0 Å². The summed E-state index contributed by atoms with van der Waals surface area (Å²) in [5, 5.41) is 3.74. The van der Waals surface area contributed by atoms with E-state index >= 15 is 0 Å². The van der Waals surface area contributed by atoms with E-state index < -0.39 is 9.84 Å². The molecule has 0 amide bonds. The molecule has 3 nitrogen and oxygen atoms in total. The quantitative estimate of drug-likeness (QED) is 0.785. The van der Waals surface area contributed by atoms with Crippen LogP contribution in [-0.2, 0) is 16.4 Å². The van der Waals surface area contributed by atoms with Crippen molar-refractivity contribution < 1.29 is 8.42 Å². The van der Waals surface area contributed by atoms with Crippen molar-refractivity contribution in [1.29, 1.82) is 0 Å². The minimum Gasteiger partial charge on any atom is -0.313 e. The van der Waals surface area contributed by atoms with Crippen LogP contribution >= 0.6 is 11.6 Å². The molecule has 0 heterocycles. The maximum absolute atomic E-state index is 11.7. The van der Waals surface area contributed by atoms with Gasteiger partial charge in [0.1, 0.15) is 0 Å². The Morgan fingerprint density at radius 1 is 1.28 bits per heavy atom. The topological polar surface area (TPSA) is 46.2 Å². The summed E-state index contributed by atoms with van der Waals surface area (Å²) in [4.78, 5) is 0.318. The van der Waals surface area contributed by atoms with E-state index in [1.165, 1.54) is 19.1 Å². The van der Waals surface area contributed by atoms with Gasteiger partial charge in [-0.25, -0.2) is 8.42 Å². The maximum Gasteiger partial charge on any atom is 0.175 e. The molecular formula is C13H20ClNO2S. The fourth-order valence-corrected chi connectivity index (χ4v) is 3.02. The van der Waals surface area contributed by atoms with Crippen LogP contribution in [0.5, 0.6) is 0 Å². The highest BCUT2D eigenvalue weighted by Crippen LogP contribution is 2.23. The average molecular weight is 290 g/mol. The number of sulfone groups is 1. The summed E-state index contributed by atoms with van der Waals surface area (Å²) < 4.78 is 23.3. The average Bonchev–Trinajstić information content (AvgIpc) is 2.29. The first-order valence-electron chi connectivity index (χ1n) is 6.15. The van der Waals surface area contributed by atoms with Gasteiger partial charge < -0.3 is 5.32 Å². The summed E-state index contributed by atoms with van der Waals surface area (Å²) in [5.41, 5.74) is 0.665. The number of hydrogen-bond donors (Lipinski definition) is 1. The Morgan fingerprint density at radius 3 is 2.61 bits per heavy atom. The molecular weight excluding hydrogens is 270 g/mol. The monoisotopic (exact) mass is 289 g/mol. The third-order valence-corrected chi connectivity index (χ3v) is 4.27. The van der Waals surface area contributed by atoms with E-state index in [1.807, 2.05) is 0 Å². The highest BCUT2D eigenvalue weighted by Gasteiger charge is 2.15. The van der Waals surface area contributed by atoms with Crippen LogP contribution in [0.1, 0.15) is 31.7 Å². The van der Waals surface area contributed by atoms with Gasteiger partial charge in [0.05, 0.1) is 4.90 Å². The Labute approximate surface area is 114 Å². The lowest BCUT2D eigenvalue weighted by atomic mass is 10.2. The van der Waals surface area contributed by atoms with E-state index in [-0.39, 0.29) is 0 Å². The number of hydrogen-bond acceptors (Lipinski definition) is 3. The Bertz CT molecular complexity index is 486. The van der Waals surface area contributed by atoms with E-state index in [2.05, 4.69) is 12.2 Å². The van der Waals surface area contributed by atoms with Gasteiger partial charge in [-0.05, 0) is 25.1 Å². The Morgan fingerprint density at radius 2 is 2.00 bits per heavy atom. The largest absolute Gasteiger partial charge is 0.313 e. The van der Waals surface area contributed by atoms with Gasteiger partial charge in [-0.3, -0.25) is 0 Å². The minimum absolute atomic E-state index is 0.318. The van der Waals surface area contributed by atoms with Crippen LogP contribution in [0.25, 0.3) is 0 Å². The smallest absolute Gasteiger partial charge is 0.175 e. The van der Waals surface area contributed by atoms with Crippen molar-refractivity contribution >= 4 is 21.4 Å². The van der Waals surface area contributed by atoms with Crippen molar-refractivity contribution in [1.82, 2.24) is 5.32 Å². The molecule has 0 bridgehead atoms. The Balaban J connectivity index is 2.75. The van der Waals surface area contributed by atoms with Crippen LogP contribution in [0.4, 0.5) is 0 Å². The van der Waals surface area contributed by atoms with Gasteiger partial charge in [0.15, 0.2) is 9.84 Å². The van der Waals surface area contributed by atoms with E-state index in [1.54, 1.807) is 18.2 Å². The lowest BCUT2D eigenvalue weighted by Gasteiger charge is -2.11. The highest BCUT2D eigenvalue weighted by molar-refractivity contribution is 7.90. The molecule has 0 aromatic heterocycles. The van der Waals surface area contributed by atoms with Gasteiger partial charge in [-0.15, -0.1) is 0 Å². The molecule has 1 aromatic rings. The Hall–Kier alpha value is -0.580. The first-order chi connectivity index (χ1) is 8.46. The molecule has 0 saturated carbocycles. The van der Waals surface area contributed by atoms with Crippen molar-refractivity contribution in [2.75, 3.05) is 12.8 Å². The number of rotatable bonds is 7. The second-order valence-electron chi connectivity index (χ2n) is 4.37. The van der Waals surface area contributed by atoms with Crippen LogP contribution in [-0.4, -0.2) is 21.2 Å². The van der Waals surface area contributed by atoms with Crippen molar-refractivity contribution in [3.05, 3.63) is 28.8 Å². The number of unbranched alkanes of at least 4 members (excludes halogenated alkanes) is 2. The molecule has 18 heavy (non-hydrogen) atoms. The van der Waals surface area contributed by atoms with Gasteiger partial charge >= 0.3 is 0 Å². The molecule has 0 atom stereocenters. The fraction of sp³-hybridized carbons (Fsp3) is 0.538. The summed E-state index contributed by atoms with van der Waals surface area (Å²) in [5.74, 6) is 0. The SMILES string of the molecule is CCCCCNCc1c(Cl)cccc1S(C)(=O)=O. The van der Waals surface area contributed by atoms with Crippen molar-refractivity contribution in [2.45, 2.75) is 37.6 Å². The molecule has 102 valence electrons. The minimum atomic E-state index is -3.23. The highest BCUT2D eigenvalue weighted by atomic mass is 35.5. The first kappa shape index (κ1) is 15.5. The van der Waals surface area contributed by atoms with Crippen LogP contribution in [0.3, 0.4) is 0 Å². The van der Waals surface area contributed by atoms with Crippen molar-refractivity contribution in [2.24, 2.45) is 0 Å². The molecule has 0 radical (unpaired) electrons. The lowest BCUT2D eigenvalue weighted by Crippen LogP contribution is -2.17. The normalized spacial score (nSPS) is 11.7. The van der Waals surface area contributed by atoms with Crippen LogP contribution in [0.15, 0.2) is 23.1 Å². The Kier molecular flexibility index (Phi) is 6.12. The molecule has 0 fully saturated rings. The second kappa shape index (κ2) is 7.12. The fourth-order valence-electron chi connectivity index (χ4n) is 1.77. The van der Waals surface area contributed by atoms with E-state index in [0.717, 1.165) is 13.0 Å². The zero-order chi connectivity index (χ0) is 13.6. The second-order valence-corrected chi connectivity index (χ2v) is 6.76. The summed E-state index contributed by atoms with van der Waals surface area (Å²) in [7, 11) is -3.23. The van der Waals surface area contributed by atoms with Gasteiger partial charge in [0.2, 0.25) is 0 Å². The molecule has 0 aliphatic heterocycles. The molecule has 1 N–H and O–H groups in total. The predicted molar refractivity (Wildman–Crippen MR) is 75.8 cm³/mol. The summed E-state index contributed by atoms with van der Waals surface area (Å²) in [6, 6.07) is 4.99. The summed E-state index contributed by atoms with van der Waals surface area (Å²) in [6.07, 6.45) is 4.64. The van der Waals surface area contributed by atoms with Crippen molar-refractivity contribution in [3.63, 3.8) is 0 Å². The van der Waals surface area contributed by atoms with Gasteiger partial charge in [0, 0.05) is 23.4 Å². The third-order valence-electron chi connectivity index (χ3n) is 2.73. The van der Waals surface area contributed by atoms with Gasteiger partial charge in [0.25, 0.3) is 0 Å². The molecule has 0 aliphatic rings. The summed E-state index contributed by atoms with van der Waals surface area (Å²) in [6.45, 7) is 3.52. The van der Waals surface area contributed by atoms with Crippen LogP contribution in [0.2, 0.25) is 5.02 Å². The molecule has 0 unspecified atom stereocenters. The molecule has 0 spiro atoms. The standard InChI is InChI=1S/C13H20ClNO2S/c1-3-4-5-9-15-10-11-12(14)7-6-8-13(11)18(2,16)17/h6-8,15H,3-5,9-10H2,1-2H3. The lowest BCUT2D eigenvalue weighted by molar-refractivity contribution is 0.594. The van der Waals surface area contributed by atoms with Crippen LogP contribution in [0, 0.1) is 0 Å². The number of benzene rings is 1. The number of halogens is 1. The molecule has 1 aromatic carbocycles. The van der Waals surface area contributed by atoms with E-state index in [4.69, 9.17) is 11.6 Å². The molecule has 5 heteroatoms. The van der Waals surface area contributed by atoms with E-state index in [9.17, 15) is 8.42 Å². The molecule has 1 rings (SSSR count). The third kappa shape index (κ3) is 4.59. The predicted octanol–water partition coefficient (Wildman–Crippen LogP) is 3.02. The van der Waals surface area contributed by atoms with Gasteiger partial charge in [-0.1, -0.05) is 37.4 Å². The first-order valence-corrected chi connectivity index (χ1v) is 8.42. The maximum atomic E-state index is 11.7. The van der Waals surface area contributed by atoms with Crippen LogP contribution < -0.4 is 5.32 Å². The zero-order valence-corrected chi connectivity index (χ0v) is 12.4. The molecule has 0 aliphatic carbocycles. The zero-order valence-electron chi connectivity index (χ0n) is 10.9. The molecule has 0 saturated heterocycles. The van der Waals surface area contributed by atoms with E-state index in [0.29, 0.717) is 22.0 Å². The van der Waals surface area contributed by atoms with Gasteiger partial charge in [-0.2, -0.15) is 0 Å².